The molecule has 23 heavy (non-hydrogen) atoms. The van der Waals surface area contributed by atoms with Gasteiger partial charge >= 0.3 is 0 Å². The van der Waals surface area contributed by atoms with Gasteiger partial charge in [0.2, 0.25) is 0 Å². The van der Waals surface area contributed by atoms with Crippen LogP contribution >= 0.6 is 0 Å². The summed E-state index contributed by atoms with van der Waals surface area (Å²) in [7, 11) is 0. The predicted octanol–water partition coefficient (Wildman–Crippen LogP) is 2.43. The van der Waals surface area contributed by atoms with Gasteiger partial charge in [-0.05, 0) is 49.4 Å². The number of rotatable bonds is 2. The Morgan fingerprint density at radius 1 is 1.30 bits per heavy atom. The highest BCUT2D eigenvalue weighted by Crippen LogP contribution is 2.27. The minimum atomic E-state index is -0.301. The summed E-state index contributed by atoms with van der Waals surface area (Å²) in [5.74, 6) is 0.958. The largest absolute Gasteiger partial charge is 0.491 e. The molecule has 1 aliphatic heterocycles. The van der Waals surface area contributed by atoms with Gasteiger partial charge in [-0.2, -0.15) is 0 Å². The maximum absolute atomic E-state index is 13.3. The number of hydrogen-bond donors (Lipinski definition) is 1. The van der Waals surface area contributed by atoms with Crippen molar-refractivity contribution >= 4 is 5.91 Å². The monoisotopic (exact) mass is 316 g/mol. The summed E-state index contributed by atoms with van der Waals surface area (Å²) in [5.41, 5.74) is 2.07. The van der Waals surface area contributed by atoms with E-state index < -0.39 is 0 Å². The van der Waals surface area contributed by atoms with E-state index in [2.05, 4.69) is 10.5 Å². The number of aromatic nitrogens is 1. The summed E-state index contributed by atoms with van der Waals surface area (Å²) in [4.78, 5) is 12.5. The predicted molar refractivity (Wildman–Crippen MR) is 80.0 cm³/mol. The Morgan fingerprint density at radius 2 is 2.17 bits per heavy atom. The maximum Gasteiger partial charge on any atom is 0.274 e. The molecule has 5 nitrogen and oxygen atoms in total. The van der Waals surface area contributed by atoms with E-state index >= 15 is 0 Å². The van der Waals surface area contributed by atoms with Crippen LogP contribution in [-0.2, 0) is 19.3 Å². The summed E-state index contributed by atoms with van der Waals surface area (Å²) in [5, 5.41) is 6.86. The van der Waals surface area contributed by atoms with Gasteiger partial charge in [-0.3, -0.25) is 4.79 Å². The molecule has 2 aromatic rings. The summed E-state index contributed by atoms with van der Waals surface area (Å²) in [6.07, 6.45) is 4.33. The van der Waals surface area contributed by atoms with Gasteiger partial charge in [0.05, 0.1) is 6.04 Å². The lowest BCUT2D eigenvalue weighted by Crippen LogP contribution is -2.43. The van der Waals surface area contributed by atoms with E-state index in [1.165, 1.54) is 12.1 Å². The lowest BCUT2D eigenvalue weighted by Gasteiger charge is -2.26. The summed E-state index contributed by atoms with van der Waals surface area (Å²) in [6.45, 7) is 0.365. The molecule has 1 amide bonds. The molecule has 1 unspecified atom stereocenters. The molecule has 0 bridgehead atoms. The summed E-state index contributed by atoms with van der Waals surface area (Å²) < 4.78 is 24.2. The van der Waals surface area contributed by atoms with Crippen LogP contribution in [0.3, 0.4) is 0 Å². The van der Waals surface area contributed by atoms with Gasteiger partial charge in [0, 0.05) is 12.0 Å². The molecule has 1 atom stereocenters. The zero-order valence-electron chi connectivity index (χ0n) is 12.6. The SMILES string of the molecule is O=C(NC1COc2ccc(F)cc2C1)c1noc2c1CCCC2. The molecule has 1 aromatic heterocycles. The van der Waals surface area contributed by atoms with Crippen molar-refractivity contribution in [2.45, 2.75) is 38.1 Å². The number of fused-ring (bicyclic) bond motifs is 2. The number of hydrogen-bond acceptors (Lipinski definition) is 4. The number of benzene rings is 1. The number of ether oxygens (including phenoxy) is 1. The van der Waals surface area contributed by atoms with E-state index in [4.69, 9.17) is 9.26 Å². The van der Waals surface area contributed by atoms with E-state index in [1.54, 1.807) is 6.07 Å². The molecule has 0 saturated heterocycles. The Labute approximate surface area is 132 Å². The second-order valence-electron chi connectivity index (χ2n) is 6.08. The smallest absolute Gasteiger partial charge is 0.274 e. The first kappa shape index (κ1) is 14.2. The Kier molecular flexibility index (Phi) is 3.52. The van der Waals surface area contributed by atoms with Crippen LogP contribution in [0.5, 0.6) is 5.75 Å². The third-order valence-corrected chi connectivity index (χ3v) is 4.43. The first-order valence-electron chi connectivity index (χ1n) is 7.90. The van der Waals surface area contributed by atoms with E-state index in [1.807, 2.05) is 0 Å². The molecule has 0 fully saturated rings. The van der Waals surface area contributed by atoms with Crippen molar-refractivity contribution in [3.8, 4) is 5.75 Å². The minimum absolute atomic E-state index is 0.201. The Hall–Kier alpha value is -2.37. The van der Waals surface area contributed by atoms with Crippen LogP contribution in [0.15, 0.2) is 22.7 Å². The molecule has 1 N–H and O–H groups in total. The minimum Gasteiger partial charge on any atom is -0.491 e. The molecule has 1 aliphatic carbocycles. The molecule has 2 heterocycles. The Morgan fingerprint density at radius 3 is 3.09 bits per heavy atom. The first-order valence-corrected chi connectivity index (χ1v) is 7.90. The average molecular weight is 316 g/mol. The molecule has 120 valence electrons. The zero-order valence-corrected chi connectivity index (χ0v) is 12.6. The van der Waals surface area contributed by atoms with Crippen molar-refractivity contribution in [3.05, 3.63) is 46.6 Å². The lowest BCUT2D eigenvalue weighted by atomic mass is 9.96. The van der Waals surface area contributed by atoms with Crippen molar-refractivity contribution in [1.29, 1.82) is 0 Å². The number of carbonyl (C=O) groups is 1. The highest BCUT2D eigenvalue weighted by Gasteiger charge is 2.27. The molecule has 2 aliphatic rings. The fraction of sp³-hybridized carbons (Fsp3) is 0.412. The van der Waals surface area contributed by atoms with E-state index in [0.29, 0.717) is 24.5 Å². The number of nitrogens with zero attached hydrogens (tertiary/aromatic N) is 1. The molecule has 1 aromatic carbocycles. The standard InChI is InChI=1S/C17H17FN2O3/c18-11-5-6-14-10(7-11)8-12(9-22-14)19-17(21)16-13-3-1-2-4-15(13)23-20-16/h5-7,12H,1-4,8-9H2,(H,19,21). The molecule has 0 radical (unpaired) electrons. The van der Waals surface area contributed by atoms with E-state index in [-0.39, 0.29) is 17.8 Å². The molecular formula is C17H17FN2O3. The quantitative estimate of drug-likeness (QED) is 0.924. The van der Waals surface area contributed by atoms with Gasteiger partial charge in [0.25, 0.3) is 5.91 Å². The van der Waals surface area contributed by atoms with E-state index in [9.17, 15) is 9.18 Å². The van der Waals surface area contributed by atoms with Gasteiger partial charge in [0.15, 0.2) is 5.69 Å². The van der Waals surface area contributed by atoms with E-state index in [0.717, 1.165) is 42.6 Å². The van der Waals surface area contributed by atoms with Crippen LogP contribution in [0.4, 0.5) is 4.39 Å². The zero-order chi connectivity index (χ0) is 15.8. The van der Waals surface area contributed by atoms with Crippen molar-refractivity contribution in [2.24, 2.45) is 0 Å². The summed E-state index contributed by atoms with van der Waals surface area (Å²) in [6, 6.07) is 4.25. The highest BCUT2D eigenvalue weighted by molar-refractivity contribution is 5.94. The van der Waals surface area contributed by atoms with Crippen molar-refractivity contribution < 1.29 is 18.4 Å². The van der Waals surface area contributed by atoms with Crippen molar-refractivity contribution in [3.63, 3.8) is 0 Å². The fourth-order valence-electron chi connectivity index (χ4n) is 3.27. The van der Waals surface area contributed by atoms with Crippen LogP contribution < -0.4 is 10.1 Å². The van der Waals surface area contributed by atoms with Crippen LogP contribution in [-0.4, -0.2) is 23.7 Å². The normalized spacial score (nSPS) is 19.4. The van der Waals surface area contributed by atoms with Gasteiger partial charge in [-0.15, -0.1) is 0 Å². The molecular weight excluding hydrogens is 299 g/mol. The molecule has 6 heteroatoms. The average Bonchev–Trinajstić information content (AvgIpc) is 2.98. The van der Waals surface area contributed by atoms with Crippen LogP contribution in [0, 0.1) is 5.82 Å². The van der Waals surface area contributed by atoms with Crippen molar-refractivity contribution in [1.82, 2.24) is 10.5 Å². The second-order valence-corrected chi connectivity index (χ2v) is 6.08. The lowest BCUT2D eigenvalue weighted by molar-refractivity contribution is 0.0905. The maximum atomic E-state index is 13.3. The van der Waals surface area contributed by atoms with Gasteiger partial charge in [-0.1, -0.05) is 5.16 Å². The Bertz CT molecular complexity index is 756. The topological polar surface area (TPSA) is 64.4 Å². The van der Waals surface area contributed by atoms with Crippen LogP contribution in [0.2, 0.25) is 0 Å². The summed E-state index contributed by atoms with van der Waals surface area (Å²) >= 11 is 0. The molecule has 0 saturated carbocycles. The Balaban J connectivity index is 1.48. The number of amides is 1. The van der Waals surface area contributed by atoms with Gasteiger partial charge < -0.3 is 14.6 Å². The highest BCUT2D eigenvalue weighted by atomic mass is 19.1. The first-order chi connectivity index (χ1) is 11.2. The van der Waals surface area contributed by atoms with Crippen LogP contribution in [0.25, 0.3) is 0 Å². The number of carbonyl (C=O) groups excluding carboxylic acids is 1. The van der Waals surface area contributed by atoms with Gasteiger partial charge in [0.1, 0.15) is 23.9 Å². The van der Waals surface area contributed by atoms with Crippen molar-refractivity contribution in [2.75, 3.05) is 6.61 Å². The number of aryl methyl sites for hydroxylation is 1. The fourth-order valence-corrected chi connectivity index (χ4v) is 3.27. The third kappa shape index (κ3) is 2.69. The van der Waals surface area contributed by atoms with Crippen LogP contribution in [0.1, 0.15) is 40.2 Å². The van der Waals surface area contributed by atoms with Gasteiger partial charge in [-0.25, -0.2) is 4.39 Å². The molecule has 0 spiro atoms. The number of nitrogens with one attached hydrogen (secondary N) is 1. The molecule has 4 rings (SSSR count). The number of halogens is 1. The second kappa shape index (κ2) is 5.68. The third-order valence-electron chi connectivity index (χ3n) is 4.43.